The maximum Gasteiger partial charge on any atom is 0.273 e. The summed E-state index contributed by atoms with van der Waals surface area (Å²) in [5, 5.41) is 5.92. The summed E-state index contributed by atoms with van der Waals surface area (Å²) < 4.78 is 1.06. The molecule has 7 nitrogen and oxygen atoms in total. The van der Waals surface area contributed by atoms with Crippen LogP contribution in [0.15, 0.2) is 33.9 Å². The van der Waals surface area contributed by atoms with Gasteiger partial charge in [-0.2, -0.15) is 0 Å². The van der Waals surface area contributed by atoms with Gasteiger partial charge in [0.05, 0.1) is 10.8 Å². The maximum atomic E-state index is 12.4. The van der Waals surface area contributed by atoms with Gasteiger partial charge in [0.15, 0.2) is 0 Å². The van der Waals surface area contributed by atoms with E-state index in [1.54, 1.807) is 24.3 Å². The Kier molecular flexibility index (Phi) is 5.56. The van der Waals surface area contributed by atoms with Crippen LogP contribution in [0.1, 0.15) is 13.8 Å². The van der Waals surface area contributed by atoms with Crippen LogP contribution in [-0.4, -0.2) is 47.3 Å². The van der Waals surface area contributed by atoms with Crippen LogP contribution in [-0.2, 0) is 11.3 Å². The molecule has 0 aliphatic carbocycles. The fourth-order valence-electron chi connectivity index (χ4n) is 2.79. The first kappa shape index (κ1) is 17.9. The summed E-state index contributed by atoms with van der Waals surface area (Å²) in [5.41, 5.74) is -0.764. The lowest BCUT2D eigenvalue weighted by molar-refractivity contribution is -0.122. The molecule has 0 bridgehead atoms. The predicted molar refractivity (Wildman–Crippen MR) is 94.2 cm³/mol. The summed E-state index contributed by atoms with van der Waals surface area (Å²) in [5.74, 6) is 0.0685. The summed E-state index contributed by atoms with van der Waals surface area (Å²) in [6.07, 6.45) is 0. The van der Waals surface area contributed by atoms with Crippen molar-refractivity contribution in [2.75, 3.05) is 20.6 Å². The zero-order valence-electron chi connectivity index (χ0n) is 14.5. The number of rotatable bonds is 6. The number of hydrogen-bond donors (Lipinski definition) is 2. The van der Waals surface area contributed by atoms with Gasteiger partial charge >= 0.3 is 0 Å². The van der Waals surface area contributed by atoms with E-state index in [0.29, 0.717) is 23.2 Å². The number of aromatic amines is 1. The van der Waals surface area contributed by atoms with E-state index in [4.69, 9.17) is 0 Å². The zero-order valence-corrected chi connectivity index (χ0v) is 14.5. The highest BCUT2D eigenvalue weighted by molar-refractivity contribution is 5.81. The molecule has 130 valence electrons. The Morgan fingerprint density at radius 1 is 1.21 bits per heavy atom. The molecule has 1 aromatic heterocycles. The fourth-order valence-corrected chi connectivity index (χ4v) is 2.79. The number of nitrogens with zero attached hydrogens (tertiary/aromatic N) is 2. The molecule has 1 aromatic carbocycles. The molecule has 0 spiro atoms. The zero-order chi connectivity index (χ0) is 17.9. The number of aromatic nitrogens is 2. The summed E-state index contributed by atoms with van der Waals surface area (Å²) in [4.78, 5) is 38.6. The van der Waals surface area contributed by atoms with E-state index < -0.39 is 0 Å². The van der Waals surface area contributed by atoms with Crippen LogP contribution >= 0.6 is 0 Å². The van der Waals surface area contributed by atoms with Crippen molar-refractivity contribution < 1.29 is 4.79 Å². The number of amides is 1. The van der Waals surface area contributed by atoms with Crippen molar-refractivity contribution in [3.05, 3.63) is 45.0 Å². The quantitative estimate of drug-likeness (QED) is 0.801. The van der Waals surface area contributed by atoms with Crippen molar-refractivity contribution in [1.82, 2.24) is 20.0 Å². The second-order valence-corrected chi connectivity index (χ2v) is 6.46. The van der Waals surface area contributed by atoms with Crippen LogP contribution in [0, 0.1) is 5.92 Å². The number of fused-ring (bicyclic) bond motifs is 1. The minimum atomic E-state index is -0.383. The molecule has 0 aliphatic heterocycles. The molecule has 0 saturated heterocycles. The van der Waals surface area contributed by atoms with E-state index in [2.05, 4.69) is 29.2 Å². The molecule has 0 fully saturated rings. The molecule has 1 amide bonds. The first-order chi connectivity index (χ1) is 11.3. The van der Waals surface area contributed by atoms with Crippen LogP contribution in [0.5, 0.6) is 0 Å². The molecule has 0 saturated carbocycles. The molecular formula is C17H24N4O3. The highest BCUT2D eigenvalue weighted by Crippen LogP contribution is 2.06. The lowest BCUT2D eigenvalue weighted by Gasteiger charge is -2.28. The molecule has 0 radical (unpaired) electrons. The Labute approximate surface area is 140 Å². The minimum absolute atomic E-state index is 0.196. The summed E-state index contributed by atoms with van der Waals surface area (Å²) in [6.45, 7) is 4.44. The van der Waals surface area contributed by atoms with Gasteiger partial charge in [-0.25, -0.2) is 4.68 Å². The summed E-state index contributed by atoms with van der Waals surface area (Å²) >= 11 is 0. The van der Waals surface area contributed by atoms with Gasteiger partial charge in [0, 0.05) is 12.6 Å². The third-order valence-corrected chi connectivity index (χ3v) is 4.13. The minimum Gasteiger partial charge on any atom is -0.353 e. The average Bonchev–Trinajstić information content (AvgIpc) is 2.52. The lowest BCUT2D eigenvalue weighted by Crippen LogP contribution is -2.45. The average molecular weight is 332 g/mol. The smallest absolute Gasteiger partial charge is 0.273 e. The van der Waals surface area contributed by atoms with Gasteiger partial charge in [0.1, 0.15) is 6.54 Å². The second kappa shape index (κ2) is 7.44. The van der Waals surface area contributed by atoms with E-state index >= 15 is 0 Å². The van der Waals surface area contributed by atoms with Crippen LogP contribution < -0.4 is 16.4 Å². The van der Waals surface area contributed by atoms with Crippen molar-refractivity contribution in [1.29, 1.82) is 0 Å². The number of H-pyrrole nitrogens is 1. The first-order valence-corrected chi connectivity index (χ1v) is 7.96. The number of benzene rings is 1. The van der Waals surface area contributed by atoms with Crippen LogP contribution in [0.3, 0.4) is 0 Å². The van der Waals surface area contributed by atoms with E-state index in [-0.39, 0.29) is 29.6 Å². The number of nitrogens with one attached hydrogen (secondary N) is 2. The molecule has 2 N–H and O–H groups in total. The maximum absolute atomic E-state index is 12.4. The van der Waals surface area contributed by atoms with Crippen molar-refractivity contribution in [2.45, 2.75) is 26.4 Å². The van der Waals surface area contributed by atoms with E-state index in [1.807, 2.05) is 14.1 Å². The highest BCUT2D eigenvalue weighted by Gasteiger charge is 2.17. The standard InChI is InChI=1S/C17H24N4O3/c1-11(2)14(20(3)4)9-18-15(22)10-21-17(24)13-8-6-5-7-12(13)16(23)19-21/h5-8,11,14H,9-10H2,1-4H3,(H,18,22)(H,19,23)/t14-/m0/s1. The van der Waals surface area contributed by atoms with Crippen molar-refractivity contribution in [3.63, 3.8) is 0 Å². The summed E-state index contributed by atoms with van der Waals surface area (Å²) in [6, 6.07) is 6.76. The SMILES string of the molecule is CC(C)[C@H](CNC(=O)Cn1[nH]c(=O)c2ccccc2c1=O)N(C)C. The number of likely N-dealkylation sites (N-methyl/N-ethyl adjacent to an activating group) is 1. The highest BCUT2D eigenvalue weighted by atomic mass is 16.2. The van der Waals surface area contributed by atoms with Gasteiger partial charge in [0.25, 0.3) is 11.1 Å². The Morgan fingerprint density at radius 2 is 1.83 bits per heavy atom. The third-order valence-electron chi connectivity index (χ3n) is 4.13. The Balaban J connectivity index is 2.15. The largest absolute Gasteiger partial charge is 0.353 e. The van der Waals surface area contributed by atoms with Gasteiger partial charge in [-0.15, -0.1) is 0 Å². The molecule has 1 heterocycles. The van der Waals surface area contributed by atoms with Crippen LogP contribution in [0.25, 0.3) is 10.8 Å². The monoisotopic (exact) mass is 332 g/mol. The van der Waals surface area contributed by atoms with Crippen molar-refractivity contribution in [2.24, 2.45) is 5.92 Å². The number of carbonyl (C=O) groups excluding carboxylic acids is 1. The Hall–Kier alpha value is -2.41. The molecule has 0 aliphatic rings. The topological polar surface area (TPSA) is 87.2 Å². The molecule has 2 rings (SSSR count). The second-order valence-electron chi connectivity index (χ2n) is 6.46. The van der Waals surface area contributed by atoms with Crippen LogP contribution in [0.2, 0.25) is 0 Å². The van der Waals surface area contributed by atoms with Crippen molar-refractivity contribution in [3.8, 4) is 0 Å². The molecule has 7 heteroatoms. The summed E-state index contributed by atoms with van der Waals surface area (Å²) in [7, 11) is 3.92. The molecular weight excluding hydrogens is 308 g/mol. The number of hydrogen-bond acceptors (Lipinski definition) is 4. The predicted octanol–water partition coefficient (Wildman–Crippen LogP) is 0.392. The van der Waals surface area contributed by atoms with Crippen LogP contribution in [0.4, 0.5) is 0 Å². The van der Waals surface area contributed by atoms with Gasteiger partial charge in [-0.1, -0.05) is 26.0 Å². The first-order valence-electron chi connectivity index (χ1n) is 7.96. The van der Waals surface area contributed by atoms with E-state index in [9.17, 15) is 14.4 Å². The Morgan fingerprint density at radius 3 is 2.42 bits per heavy atom. The van der Waals surface area contributed by atoms with Gasteiger partial charge < -0.3 is 10.2 Å². The molecule has 24 heavy (non-hydrogen) atoms. The fraction of sp³-hybridized carbons (Fsp3) is 0.471. The molecule has 0 unspecified atom stereocenters. The number of carbonyl (C=O) groups is 1. The normalized spacial score (nSPS) is 12.8. The Bertz CT molecular complexity index is 828. The molecule has 1 atom stereocenters. The van der Waals surface area contributed by atoms with Gasteiger partial charge in [0.2, 0.25) is 5.91 Å². The van der Waals surface area contributed by atoms with E-state index in [1.165, 1.54) is 0 Å². The lowest BCUT2D eigenvalue weighted by atomic mass is 10.0. The van der Waals surface area contributed by atoms with Crippen molar-refractivity contribution >= 4 is 16.7 Å². The third kappa shape index (κ3) is 3.91. The van der Waals surface area contributed by atoms with Gasteiger partial charge in [-0.3, -0.25) is 19.5 Å². The van der Waals surface area contributed by atoms with E-state index in [0.717, 1.165) is 4.68 Å². The van der Waals surface area contributed by atoms with Gasteiger partial charge in [-0.05, 0) is 32.1 Å². The molecule has 2 aromatic rings.